The largest absolute Gasteiger partial charge is 0.483 e. The van der Waals surface area contributed by atoms with Crippen LogP contribution in [0.5, 0.6) is 5.75 Å². The third-order valence-corrected chi connectivity index (χ3v) is 6.75. The van der Waals surface area contributed by atoms with E-state index in [9.17, 15) is 9.59 Å². The summed E-state index contributed by atoms with van der Waals surface area (Å²) in [5.74, 6) is -0.0369. The lowest BCUT2D eigenvalue weighted by molar-refractivity contribution is -0.143. The predicted molar refractivity (Wildman–Crippen MR) is 147 cm³/mol. The van der Waals surface area contributed by atoms with Crippen molar-refractivity contribution in [1.29, 1.82) is 0 Å². The van der Waals surface area contributed by atoms with Crippen LogP contribution in [0.3, 0.4) is 0 Å². The highest BCUT2D eigenvalue weighted by atomic mass is 79.9. The molecule has 0 saturated carbocycles. The Balaban J connectivity index is 2.33. The average molecular weight is 586 g/mol. The fraction of sp³-hybridized carbons (Fsp3) is 0.481. The first kappa shape index (κ1) is 29.5. The van der Waals surface area contributed by atoms with Crippen LogP contribution in [-0.2, 0) is 21.5 Å². The molecule has 2 aromatic rings. The zero-order valence-electron chi connectivity index (χ0n) is 21.5. The standard InChI is InChI=1S/C27H35BrCl2N2O3/c1-8-22(25(34)31-27(5,6)7)32(15-18-20(29)10-9-11-21(18)30)24(33)16-35-23-13-12-17(14-19(23)28)26(2,3)4/h9-14,22H,8,15-16H2,1-7H3,(H,31,34)/t22-/m0/s1. The van der Waals surface area contributed by atoms with Gasteiger partial charge in [-0.15, -0.1) is 0 Å². The Morgan fingerprint density at radius 3 is 2.14 bits per heavy atom. The number of hydrogen-bond acceptors (Lipinski definition) is 3. The summed E-state index contributed by atoms with van der Waals surface area (Å²) >= 11 is 16.3. The van der Waals surface area contributed by atoms with Crippen LogP contribution in [0.15, 0.2) is 40.9 Å². The molecule has 0 saturated heterocycles. The van der Waals surface area contributed by atoms with E-state index >= 15 is 0 Å². The Labute approximate surface area is 227 Å². The van der Waals surface area contributed by atoms with Crippen LogP contribution in [0, 0.1) is 0 Å². The number of hydrogen-bond donors (Lipinski definition) is 1. The van der Waals surface area contributed by atoms with Crippen molar-refractivity contribution in [2.75, 3.05) is 6.61 Å². The van der Waals surface area contributed by atoms with Gasteiger partial charge in [0.25, 0.3) is 5.91 Å². The van der Waals surface area contributed by atoms with E-state index in [2.05, 4.69) is 42.0 Å². The number of amides is 2. The van der Waals surface area contributed by atoms with Crippen LogP contribution in [0.4, 0.5) is 0 Å². The van der Waals surface area contributed by atoms with Crippen molar-refractivity contribution in [3.8, 4) is 5.75 Å². The van der Waals surface area contributed by atoms with Crippen LogP contribution in [-0.4, -0.2) is 34.9 Å². The summed E-state index contributed by atoms with van der Waals surface area (Å²) < 4.78 is 6.65. The van der Waals surface area contributed by atoms with E-state index in [1.165, 1.54) is 4.90 Å². The van der Waals surface area contributed by atoms with Gasteiger partial charge in [-0.3, -0.25) is 9.59 Å². The molecule has 0 heterocycles. The van der Waals surface area contributed by atoms with E-state index in [1.54, 1.807) is 18.2 Å². The minimum Gasteiger partial charge on any atom is -0.483 e. The molecule has 0 radical (unpaired) electrons. The minimum absolute atomic E-state index is 0.0172. The Kier molecular flexibility index (Phi) is 10.1. The molecule has 35 heavy (non-hydrogen) atoms. The topological polar surface area (TPSA) is 58.6 Å². The first-order valence-electron chi connectivity index (χ1n) is 11.6. The van der Waals surface area contributed by atoms with Gasteiger partial charge in [-0.05, 0) is 78.4 Å². The summed E-state index contributed by atoms with van der Waals surface area (Å²) in [4.78, 5) is 28.1. The van der Waals surface area contributed by atoms with E-state index in [4.69, 9.17) is 27.9 Å². The zero-order chi connectivity index (χ0) is 26.6. The summed E-state index contributed by atoms with van der Waals surface area (Å²) in [6, 6.07) is 10.3. The molecule has 0 aliphatic carbocycles. The number of benzene rings is 2. The van der Waals surface area contributed by atoms with Crippen LogP contribution in [0.1, 0.15) is 66.0 Å². The monoisotopic (exact) mass is 584 g/mol. The fourth-order valence-corrected chi connectivity index (χ4v) is 4.54. The number of nitrogens with zero attached hydrogens (tertiary/aromatic N) is 1. The number of rotatable bonds is 8. The van der Waals surface area contributed by atoms with Gasteiger partial charge in [0.2, 0.25) is 5.91 Å². The SMILES string of the molecule is CC[C@@H](C(=O)NC(C)(C)C)N(Cc1c(Cl)cccc1Cl)C(=O)COc1ccc(C(C)(C)C)cc1Br. The summed E-state index contributed by atoms with van der Waals surface area (Å²) in [5, 5.41) is 3.84. The highest BCUT2D eigenvalue weighted by molar-refractivity contribution is 9.10. The third-order valence-electron chi connectivity index (χ3n) is 5.42. The van der Waals surface area contributed by atoms with E-state index in [1.807, 2.05) is 45.9 Å². The van der Waals surface area contributed by atoms with E-state index in [-0.39, 0.29) is 30.4 Å². The molecule has 0 fully saturated rings. The number of halogens is 3. The summed E-state index contributed by atoms with van der Waals surface area (Å²) in [7, 11) is 0. The number of nitrogens with one attached hydrogen (secondary N) is 1. The van der Waals surface area contributed by atoms with Gasteiger partial charge >= 0.3 is 0 Å². The highest BCUT2D eigenvalue weighted by Crippen LogP contribution is 2.32. The van der Waals surface area contributed by atoms with Gasteiger partial charge in [0.05, 0.1) is 4.47 Å². The van der Waals surface area contributed by atoms with Crippen LogP contribution in [0.2, 0.25) is 10.0 Å². The summed E-state index contributed by atoms with van der Waals surface area (Å²) in [6.45, 7) is 13.8. The highest BCUT2D eigenvalue weighted by Gasteiger charge is 2.32. The lowest BCUT2D eigenvalue weighted by atomic mass is 9.87. The van der Waals surface area contributed by atoms with Crippen molar-refractivity contribution in [3.05, 3.63) is 62.0 Å². The van der Waals surface area contributed by atoms with Gasteiger partial charge in [-0.1, -0.05) is 63.0 Å². The second-order valence-corrected chi connectivity index (χ2v) is 12.2. The molecule has 1 N–H and O–H groups in total. The molecular formula is C27H35BrCl2N2O3. The number of carbonyl (C=O) groups excluding carboxylic acids is 2. The maximum Gasteiger partial charge on any atom is 0.261 e. The first-order valence-corrected chi connectivity index (χ1v) is 13.2. The van der Waals surface area contributed by atoms with Crippen LogP contribution < -0.4 is 10.1 Å². The van der Waals surface area contributed by atoms with Gasteiger partial charge in [-0.25, -0.2) is 0 Å². The normalized spacial score (nSPS) is 12.7. The Morgan fingerprint density at radius 2 is 1.66 bits per heavy atom. The van der Waals surface area contributed by atoms with Crippen molar-refractivity contribution in [1.82, 2.24) is 10.2 Å². The number of ether oxygens (including phenoxy) is 1. The molecule has 2 aromatic carbocycles. The lowest BCUT2D eigenvalue weighted by Gasteiger charge is -2.33. The average Bonchev–Trinajstić information content (AvgIpc) is 2.72. The van der Waals surface area contributed by atoms with Crippen molar-refractivity contribution in [2.45, 2.75) is 78.4 Å². The van der Waals surface area contributed by atoms with Gasteiger partial charge in [0.1, 0.15) is 11.8 Å². The van der Waals surface area contributed by atoms with Crippen molar-refractivity contribution >= 4 is 50.9 Å². The van der Waals surface area contributed by atoms with Crippen LogP contribution >= 0.6 is 39.1 Å². The van der Waals surface area contributed by atoms with Gasteiger partial charge in [0, 0.05) is 27.7 Å². The molecule has 0 aliphatic rings. The minimum atomic E-state index is -0.718. The Hall–Kier alpha value is -1.76. The van der Waals surface area contributed by atoms with E-state index < -0.39 is 11.6 Å². The molecule has 2 rings (SSSR count). The quantitative estimate of drug-likeness (QED) is 0.358. The van der Waals surface area contributed by atoms with E-state index in [0.29, 0.717) is 27.8 Å². The fourth-order valence-electron chi connectivity index (χ4n) is 3.53. The molecule has 0 aliphatic heterocycles. The third kappa shape index (κ3) is 8.40. The van der Waals surface area contributed by atoms with E-state index in [0.717, 1.165) is 10.0 Å². The summed E-state index contributed by atoms with van der Waals surface area (Å²) in [6.07, 6.45) is 0.416. The predicted octanol–water partition coefficient (Wildman–Crippen LogP) is 7.15. The second-order valence-electron chi connectivity index (χ2n) is 10.6. The molecule has 2 amide bonds. The van der Waals surface area contributed by atoms with Crippen molar-refractivity contribution < 1.29 is 14.3 Å². The molecule has 5 nitrogen and oxygen atoms in total. The molecule has 0 bridgehead atoms. The maximum atomic E-state index is 13.5. The molecule has 1 atom stereocenters. The molecule has 0 spiro atoms. The zero-order valence-corrected chi connectivity index (χ0v) is 24.6. The molecule has 8 heteroatoms. The van der Waals surface area contributed by atoms with Crippen molar-refractivity contribution in [2.24, 2.45) is 0 Å². The molecule has 0 unspecified atom stereocenters. The number of carbonyl (C=O) groups is 2. The second kappa shape index (κ2) is 12.0. The maximum absolute atomic E-state index is 13.5. The van der Waals surface area contributed by atoms with Crippen molar-refractivity contribution in [3.63, 3.8) is 0 Å². The Bertz CT molecular complexity index is 1040. The first-order chi connectivity index (χ1) is 16.1. The van der Waals surface area contributed by atoms with Crippen LogP contribution in [0.25, 0.3) is 0 Å². The molecular weight excluding hydrogens is 551 g/mol. The summed E-state index contributed by atoms with van der Waals surface area (Å²) in [5.41, 5.74) is 1.26. The van der Waals surface area contributed by atoms with Gasteiger partial charge in [-0.2, -0.15) is 0 Å². The van der Waals surface area contributed by atoms with Gasteiger partial charge < -0.3 is 15.0 Å². The molecule has 0 aromatic heterocycles. The van der Waals surface area contributed by atoms with Gasteiger partial charge in [0.15, 0.2) is 6.61 Å². The smallest absolute Gasteiger partial charge is 0.261 e. The lowest BCUT2D eigenvalue weighted by Crippen LogP contribution is -2.54. The Morgan fingerprint density at radius 1 is 1.06 bits per heavy atom. The molecule has 192 valence electrons.